The Morgan fingerprint density at radius 3 is 3.18 bits per heavy atom. The molecule has 1 aromatic rings. The molecule has 0 bridgehead atoms. The number of thioether (sulfide) groups is 1. The van der Waals surface area contributed by atoms with Gasteiger partial charge in [0, 0.05) is 23.4 Å². The van der Waals surface area contributed by atoms with Crippen LogP contribution in [0.15, 0.2) is 6.20 Å². The van der Waals surface area contributed by atoms with Crippen LogP contribution in [-0.2, 0) is 5.75 Å². The van der Waals surface area contributed by atoms with Gasteiger partial charge in [0.15, 0.2) is 5.13 Å². The monoisotopic (exact) mass is 188 g/mol. The molecule has 2 nitrogen and oxygen atoms in total. The summed E-state index contributed by atoms with van der Waals surface area (Å²) in [6.45, 7) is 3.03. The molecule has 1 aromatic heterocycles. The molecule has 62 valence electrons. The molecule has 0 aromatic carbocycles. The quantitative estimate of drug-likeness (QED) is 0.785. The maximum Gasteiger partial charge on any atom is 0.182 e. The Labute approximate surface area is 75.4 Å². The van der Waals surface area contributed by atoms with Crippen LogP contribution in [-0.4, -0.2) is 17.8 Å². The highest BCUT2D eigenvalue weighted by Gasteiger charge is 1.98. The van der Waals surface area contributed by atoms with Crippen LogP contribution < -0.4 is 5.32 Å². The average Bonchev–Trinajstić information content (AvgIpc) is 2.38. The van der Waals surface area contributed by atoms with Gasteiger partial charge in [-0.2, -0.15) is 11.8 Å². The second-order valence-electron chi connectivity index (χ2n) is 2.10. The van der Waals surface area contributed by atoms with Crippen LogP contribution >= 0.6 is 23.1 Å². The zero-order valence-corrected chi connectivity index (χ0v) is 8.39. The van der Waals surface area contributed by atoms with Crippen molar-refractivity contribution < 1.29 is 0 Å². The summed E-state index contributed by atoms with van der Waals surface area (Å²) in [6, 6.07) is 0. The Bertz CT molecular complexity index is 189. The van der Waals surface area contributed by atoms with E-state index in [4.69, 9.17) is 0 Å². The highest BCUT2D eigenvalue weighted by molar-refractivity contribution is 7.97. The van der Waals surface area contributed by atoms with Gasteiger partial charge >= 0.3 is 0 Å². The van der Waals surface area contributed by atoms with E-state index >= 15 is 0 Å². The normalized spacial score (nSPS) is 10.0. The Morgan fingerprint density at radius 2 is 2.55 bits per heavy atom. The summed E-state index contributed by atoms with van der Waals surface area (Å²) in [5, 5.41) is 4.22. The van der Waals surface area contributed by atoms with Crippen molar-refractivity contribution in [2.75, 3.05) is 18.1 Å². The van der Waals surface area contributed by atoms with Gasteiger partial charge in [0.1, 0.15) is 0 Å². The maximum atomic E-state index is 4.22. The predicted molar refractivity (Wildman–Crippen MR) is 53.5 cm³/mol. The Kier molecular flexibility index (Phi) is 3.72. The lowest BCUT2D eigenvalue weighted by atomic mass is 10.6. The van der Waals surface area contributed by atoms with Crippen LogP contribution in [0.2, 0.25) is 0 Å². The van der Waals surface area contributed by atoms with Gasteiger partial charge in [0.05, 0.1) is 0 Å². The number of thiazole rings is 1. The standard InChI is InChI=1S/C7H12N2S2/c1-3-8-7-9-4-6(11-7)5-10-2/h4H,3,5H2,1-2H3,(H,8,9). The summed E-state index contributed by atoms with van der Waals surface area (Å²) in [4.78, 5) is 5.56. The molecule has 0 fully saturated rings. The van der Waals surface area contributed by atoms with Crippen LogP contribution in [0, 0.1) is 0 Å². The average molecular weight is 188 g/mol. The number of rotatable bonds is 4. The van der Waals surface area contributed by atoms with Crippen LogP contribution in [0.1, 0.15) is 11.8 Å². The molecule has 0 spiro atoms. The van der Waals surface area contributed by atoms with Crippen molar-refractivity contribution in [2.45, 2.75) is 12.7 Å². The number of nitrogens with zero attached hydrogens (tertiary/aromatic N) is 1. The zero-order valence-electron chi connectivity index (χ0n) is 6.76. The molecule has 1 rings (SSSR count). The molecule has 0 aliphatic rings. The summed E-state index contributed by atoms with van der Waals surface area (Å²) >= 11 is 3.57. The summed E-state index contributed by atoms with van der Waals surface area (Å²) in [5.41, 5.74) is 0. The lowest BCUT2D eigenvalue weighted by Gasteiger charge is -1.93. The fourth-order valence-corrected chi connectivity index (χ4v) is 2.37. The van der Waals surface area contributed by atoms with Crippen LogP contribution in [0.3, 0.4) is 0 Å². The van der Waals surface area contributed by atoms with Crippen LogP contribution in [0.25, 0.3) is 0 Å². The Morgan fingerprint density at radius 1 is 1.73 bits per heavy atom. The minimum absolute atomic E-state index is 0.951. The molecule has 0 aliphatic heterocycles. The molecule has 0 unspecified atom stereocenters. The number of hydrogen-bond acceptors (Lipinski definition) is 4. The first-order valence-corrected chi connectivity index (χ1v) is 5.75. The van der Waals surface area contributed by atoms with Crippen molar-refractivity contribution in [3.63, 3.8) is 0 Å². The van der Waals surface area contributed by atoms with E-state index in [-0.39, 0.29) is 0 Å². The number of anilines is 1. The summed E-state index contributed by atoms with van der Waals surface area (Å²) in [6.07, 6.45) is 4.05. The summed E-state index contributed by atoms with van der Waals surface area (Å²) in [5.74, 6) is 1.07. The van der Waals surface area contributed by atoms with E-state index in [1.807, 2.05) is 18.0 Å². The van der Waals surface area contributed by atoms with Gasteiger partial charge in [-0.3, -0.25) is 0 Å². The lowest BCUT2D eigenvalue weighted by Crippen LogP contribution is -1.94. The van der Waals surface area contributed by atoms with Crippen molar-refractivity contribution in [1.82, 2.24) is 4.98 Å². The zero-order chi connectivity index (χ0) is 8.10. The second-order valence-corrected chi connectivity index (χ2v) is 4.08. The molecule has 11 heavy (non-hydrogen) atoms. The summed E-state index contributed by atoms with van der Waals surface area (Å²) in [7, 11) is 0. The minimum atomic E-state index is 0.951. The second kappa shape index (κ2) is 4.62. The molecule has 1 heterocycles. The van der Waals surface area contributed by atoms with E-state index in [1.54, 1.807) is 11.3 Å². The molecule has 0 radical (unpaired) electrons. The highest BCUT2D eigenvalue weighted by atomic mass is 32.2. The predicted octanol–water partition coefficient (Wildman–Crippen LogP) is 2.44. The SMILES string of the molecule is CCNc1ncc(CSC)s1. The number of nitrogens with one attached hydrogen (secondary N) is 1. The molecule has 0 atom stereocenters. The smallest absolute Gasteiger partial charge is 0.182 e. The molecule has 0 saturated heterocycles. The molecular formula is C7H12N2S2. The first-order valence-electron chi connectivity index (χ1n) is 3.54. The molecule has 1 N–H and O–H groups in total. The first kappa shape index (κ1) is 8.87. The van der Waals surface area contributed by atoms with E-state index < -0.39 is 0 Å². The first-order chi connectivity index (χ1) is 5.36. The van der Waals surface area contributed by atoms with E-state index in [2.05, 4.69) is 23.5 Å². The van der Waals surface area contributed by atoms with E-state index in [9.17, 15) is 0 Å². The highest BCUT2D eigenvalue weighted by Crippen LogP contribution is 2.20. The third kappa shape index (κ3) is 2.71. The number of hydrogen-bond donors (Lipinski definition) is 1. The van der Waals surface area contributed by atoms with Gasteiger partial charge in [-0.25, -0.2) is 4.98 Å². The largest absolute Gasteiger partial charge is 0.362 e. The fourth-order valence-electron chi connectivity index (χ4n) is 0.749. The molecule has 0 amide bonds. The van der Waals surface area contributed by atoms with Gasteiger partial charge in [0.25, 0.3) is 0 Å². The Balaban J connectivity index is 2.51. The molecule has 0 saturated carbocycles. The third-order valence-electron chi connectivity index (χ3n) is 1.17. The molecule has 0 aliphatic carbocycles. The van der Waals surface area contributed by atoms with E-state index in [1.165, 1.54) is 4.88 Å². The van der Waals surface area contributed by atoms with Crippen molar-refractivity contribution in [2.24, 2.45) is 0 Å². The topological polar surface area (TPSA) is 24.9 Å². The molecule has 4 heteroatoms. The third-order valence-corrected chi connectivity index (χ3v) is 2.91. The number of aromatic nitrogens is 1. The van der Waals surface area contributed by atoms with Crippen molar-refractivity contribution in [3.8, 4) is 0 Å². The van der Waals surface area contributed by atoms with Gasteiger partial charge in [-0.1, -0.05) is 0 Å². The maximum absolute atomic E-state index is 4.22. The van der Waals surface area contributed by atoms with Crippen molar-refractivity contribution >= 4 is 28.2 Å². The van der Waals surface area contributed by atoms with Gasteiger partial charge in [-0.05, 0) is 13.2 Å². The summed E-state index contributed by atoms with van der Waals surface area (Å²) < 4.78 is 0. The lowest BCUT2D eigenvalue weighted by molar-refractivity contribution is 1.19. The van der Waals surface area contributed by atoms with Gasteiger partial charge in [0.2, 0.25) is 0 Å². The van der Waals surface area contributed by atoms with Gasteiger partial charge < -0.3 is 5.32 Å². The van der Waals surface area contributed by atoms with Crippen LogP contribution in [0.5, 0.6) is 0 Å². The van der Waals surface area contributed by atoms with E-state index in [0.29, 0.717) is 0 Å². The molecular weight excluding hydrogens is 176 g/mol. The fraction of sp³-hybridized carbons (Fsp3) is 0.571. The van der Waals surface area contributed by atoms with Crippen molar-refractivity contribution in [1.29, 1.82) is 0 Å². The minimum Gasteiger partial charge on any atom is -0.362 e. The van der Waals surface area contributed by atoms with Gasteiger partial charge in [-0.15, -0.1) is 11.3 Å². The van der Waals surface area contributed by atoms with Crippen LogP contribution in [0.4, 0.5) is 5.13 Å². The Hall–Kier alpha value is -0.220. The van der Waals surface area contributed by atoms with E-state index in [0.717, 1.165) is 17.4 Å². The van der Waals surface area contributed by atoms with Crippen molar-refractivity contribution in [3.05, 3.63) is 11.1 Å².